The van der Waals surface area contributed by atoms with Crippen LogP contribution in [0.2, 0.25) is 0 Å². The first-order valence-corrected chi connectivity index (χ1v) is 6.18. The summed E-state index contributed by atoms with van der Waals surface area (Å²) in [6.45, 7) is 3.87. The number of nitrogens with zero attached hydrogens (tertiary/aromatic N) is 1. The van der Waals surface area contributed by atoms with Crippen molar-refractivity contribution in [1.29, 1.82) is 0 Å². The van der Waals surface area contributed by atoms with Crippen LogP contribution >= 0.6 is 0 Å². The van der Waals surface area contributed by atoms with Gasteiger partial charge in [-0.1, -0.05) is 0 Å². The molecular weight excluding hydrogens is 222 g/mol. The van der Waals surface area contributed by atoms with Crippen molar-refractivity contribution in [2.75, 3.05) is 47.1 Å². The van der Waals surface area contributed by atoms with E-state index in [2.05, 4.69) is 4.90 Å². The Labute approximate surface area is 103 Å². The summed E-state index contributed by atoms with van der Waals surface area (Å²) in [6, 6.07) is -0.0671. The highest BCUT2D eigenvalue weighted by atomic mass is 16.5. The third-order valence-electron chi connectivity index (χ3n) is 3.00. The molecule has 1 rings (SSSR count). The summed E-state index contributed by atoms with van der Waals surface area (Å²) in [4.78, 5) is 13.6. The lowest BCUT2D eigenvalue weighted by atomic mass is 10.2. The van der Waals surface area contributed by atoms with Crippen LogP contribution in [-0.2, 0) is 19.0 Å². The number of hydrogen-bond acceptors (Lipinski definition) is 5. The third-order valence-corrected chi connectivity index (χ3v) is 3.00. The molecule has 0 saturated carbocycles. The molecule has 1 unspecified atom stereocenters. The lowest BCUT2D eigenvalue weighted by Crippen LogP contribution is -2.38. The first kappa shape index (κ1) is 14.4. The Bertz CT molecular complexity index is 223. The maximum atomic E-state index is 11.5. The Kier molecular flexibility index (Phi) is 7.16. The van der Waals surface area contributed by atoms with Crippen molar-refractivity contribution in [3.05, 3.63) is 0 Å². The lowest BCUT2D eigenvalue weighted by Gasteiger charge is -2.21. The van der Waals surface area contributed by atoms with Gasteiger partial charge in [-0.25, -0.2) is 0 Å². The van der Waals surface area contributed by atoms with E-state index in [1.54, 1.807) is 7.11 Å². The van der Waals surface area contributed by atoms with Gasteiger partial charge >= 0.3 is 5.97 Å². The van der Waals surface area contributed by atoms with Gasteiger partial charge in [0.05, 0.1) is 13.7 Å². The molecule has 0 spiro atoms. The zero-order valence-corrected chi connectivity index (χ0v) is 10.8. The Morgan fingerprint density at radius 3 is 2.82 bits per heavy atom. The average molecular weight is 245 g/mol. The number of methoxy groups -OCH3 is 2. The van der Waals surface area contributed by atoms with E-state index in [1.807, 2.05) is 0 Å². The maximum absolute atomic E-state index is 11.5. The molecule has 0 aliphatic carbocycles. The van der Waals surface area contributed by atoms with E-state index in [1.165, 1.54) is 7.11 Å². The van der Waals surface area contributed by atoms with Crippen molar-refractivity contribution in [2.24, 2.45) is 0 Å². The second-order valence-electron chi connectivity index (χ2n) is 4.18. The summed E-state index contributed by atoms with van der Waals surface area (Å²) in [6.07, 6.45) is 2.87. The van der Waals surface area contributed by atoms with Crippen molar-refractivity contribution in [3.8, 4) is 0 Å². The van der Waals surface area contributed by atoms with Crippen LogP contribution in [0.15, 0.2) is 0 Å². The quantitative estimate of drug-likeness (QED) is 0.465. The molecule has 0 amide bonds. The van der Waals surface area contributed by atoms with Gasteiger partial charge in [-0.15, -0.1) is 0 Å². The van der Waals surface area contributed by atoms with Gasteiger partial charge in [-0.3, -0.25) is 9.69 Å². The van der Waals surface area contributed by atoms with E-state index >= 15 is 0 Å². The predicted molar refractivity (Wildman–Crippen MR) is 63.9 cm³/mol. The van der Waals surface area contributed by atoms with Crippen molar-refractivity contribution < 1.29 is 19.0 Å². The molecule has 17 heavy (non-hydrogen) atoms. The fraction of sp³-hybridized carbons (Fsp3) is 0.917. The number of hydrogen-bond donors (Lipinski definition) is 0. The van der Waals surface area contributed by atoms with Crippen LogP contribution < -0.4 is 0 Å². The molecule has 1 fully saturated rings. The predicted octanol–water partition coefficient (Wildman–Crippen LogP) is 0.677. The smallest absolute Gasteiger partial charge is 0.323 e. The van der Waals surface area contributed by atoms with E-state index in [4.69, 9.17) is 14.2 Å². The molecule has 5 heteroatoms. The van der Waals surface area contributed by atoms with Gasteiger partial charge in [0, 0.05) is 26.9 Å². The van der Waals surface area contributed by atoms with Gasteiger partial charge in [0.25, 0.3) is 0 Å². The van der Waals surface area contributed by atoms with E-state index < -0.39 is 0 Å². The molecule has 1 aliphatic heterocycles. The SMILES string of the molecule is COCCCOCCN1CCCC1C(=O)OC. The number of likely N-dealkylation sites (tertiary alicyclic amines) is 1. The third kappa shape index (κ3) is 5.02. The van der Waals surface area contributed by atoms with Gasteiger partial charge in [0.15, 0.2) is 0 Å². The van der Waals surface area contributed by atoms with Crippen molar-refractivity contribution in [3.63, 3.8) is 0 Å². The topological polar surface area (TPSA) is 48.0 Å². The van der Waals surface area contributed by atoms with Gasteiger partial charge in [0.2, 0.25) is 0 Å². The minimum absolute atomic E-state index is 0.0671. The minimum Gasteiger partial charge on any atom is -0.468 e. The highest BCUT2D eigenvalue weighted by Crippen LogP contribution is 2.17. The minimum atomic E-state index is -0.123. The first-order valence-electron chi connectivity index (χ1n) is 6.18. The number of rotatable bonds is 8. The highest BCUT2D eigenvalue weighted by molar-refractivity contribution is 5.75. The number of carbonyl (C=O) groups is 1. The zero-order valence-electron chi connectivity index (χ0n) is 10.8. The standard InChI is InChI=1S/C12H23NO4/c1-15-8-4-9-17-10-7-13-6-3-5-11(13)12(14)16-2/h11H,3-10H2,1-2H3. The van der Waals surface area contributed by atoms with Crippen LogP contribution in [0.4, 0.5) is 0 Å². The van der Waals surface area contributed by atoms with Crippen molar-refractivity contribution in [1.82, 2.24) is 4.90 Å². The van der Waals surface area contributed by atoms with Crippen LogP contribution in [0.5, 0.6) is 0 Å². The van der Waals surface area contributed by atoms with Gasteiger partial charge in [0.1, 0.15) is 6.04 Å². The summed E-state index contributed by atoms with van der Waals surface area (Å²) in [7, 11) is 3.13. The largest absolute Gasteiger partial charge is 0.468 e. The Hall–Kier alpha value is -0.650. The van der Waals surface area contributed by atoms with Crippen LogP contribution in [0.3, 0.4) is 0 Å². The summed E-state index contributed by atoms with van der Waals surface area (Å²) in [5.74, 6) is -0.123. The maximum Gasteiger partial charge on any atom is 0.323 e. The van der Waals surface area contributed by atoms with E-state index in [-0.39, 0.29) is 12.0 Å². The number of carbonyl (C=O) groups excluding carboxylic acids is 1. The summed E-state index contributed by atoms with van der Waals surface area (Å²) in [5.41, 5.74) is 0. The van der Waals surface area contributed by atoms with E-state index in [0.29, 0.717) is 13.2 Å². The highest BCUT2D eigenvalue weighted by Gasteiger charge is 2.30. The monoisotopic (exact) mass is 245 g/mol. The van der Waals surface area contributed by atoms with Crippen LogP contribution in [0, 0.1) is 0 Å². The number of esters is 1. The van der Waals surface area contributed by atoms with Crippen LogP contribution in [-0.4, -0.2) is 64.0 Å². The van der Waals surface area contributed by atoms with Gasteiger partial charge in [-0.05, 0) is 25.8 Å². The van der Waals surface area contributed by atoms with E-state index in [0.717, 1.165) is 39.0 Å². The molecule has 1 heterocycles. The molecule has 5 nitrogen and oxygen atoms in total. The second kappa shape index (κ2) is 8.44. The normalized spacial score (nSPS) is 20.7. The molecule has 1 aliphatic rings. The Morgan fingerprint density at radius 1 is 1.29 bits per heavy atom. The molecule has 0 radical (unpaired) electrons. The van der Waals surface area contributed by atoms with Gasteiger partial charge in [-0.2, -0.15) is 0 Å². The summed E-state index contributed by atoms with van der Waals surface area (Å²) >= 11 is 0. The molecule has 0 bridgehead atoms. The Morgan fingerprint density at radius 2 is 2.12 bits per heavy atom. The summed E-state index contributed by atoms with van der Waals surface area (Å²) < 4.78 is 15.2. The Balaban J connectivity index is 2.11. The fourth-order valence-electron chi connectivity index (χ4n) is 2.09. The van der Waals surface area contributed by atoms with Crippen LogP contribution in [0.25, 0.3) is 0 Å². The van der Waals surface area contributed by atoms with Crippen molar-refractivity contribution >= 4 is 5.97 Å². The fourth-order valence-corrected chi connectivity index (χ4v) is 2.09. The summed E-state index contributed by atoms with van der Waals surface area (Å²) in [5, 5.41) is 0. The van der Waals surface area contributed by atoms with Gasteiger partial charge < -0.3 is 14.2 Å². The second-order valence-corrected chi connectivity index (χ2v) is 4.18. The average Bonchev–Trinajstić information content (AvgIpc) is 2.81. The first-order chi connectivity index (χ1) is 8.29. The van der Waals surface area contributed by atoms with Crippen molar-refractivity contribution in [2.45, 2.75) is 25.3 Å². The number of ether oxygens (including phenoxy) is 3. The molecule has 0 aromatic heterocycles. The molecule has 0 aromatic carbocycles. The lowest BCUT2D eigenvalue weighted by molar-refractivity contribution is -0.146. The zero-order chi connectivity index (χ0) is 12.5. The molecule has 1 atom stereocenters. The van der Waals surface area contributed by atoms with Crippen LogP contribution in [0.1, 0.15) is 19.3 Å². The molecule has 100 valence electrons. The molecule has 0 N–H and O–H groups in total. The van der Waals surface area contributed by atoms with E-state index in [9.17, 15) is 4.79 Å². The molecule has 1 saturated heterocycles. The molecular formula is C12H23NO4. The molecule has 0 aromatic rings.